The van der Waals surface area contributed by atoms with Crippen molar-refractivity contribution in [2.75, 3.05) is 6.61 Å². The van der Waals surface area contributed by atoms with Gasteiger partial charge < -0.3 is 10.1 Å². The molecule has 19 heavy (non-hydrogen) atoms. The molecule has 0 heterocycles. The average molecular weight is 330 g/mol. The summed E-state index contributed by atoms with van der Waals surface area (Å²) in [5.74, 6) is -1.69. The summed E-state index contributed by atoms with van der Waals surface area (Å²) >= 11 is 0. The molecular formula is C13H16BrNO4. The van der Waals surface area contributed by atoms with Gasteiger partial charge in [0.15, 0.2) is 11.8 Å². The molecular weight excluding hydrogens is 314 g/mol. The molecule has 0 fully saturated rings. The standard InChI is InChI=1S/C13H15NO4.BrH/c1-3-18-13(17)11(14-9(2)15)12(16)10-7-5-4-6-8-10;/h4-8,11H,3H2,1-2H3,(H,14,15);1H. The van der Waals surface area contributed by atoms with Crippen LogP contribution >= 0.6 is 17.0 Å². The third-order valence-electron chi connectivity index (χ3n) is 2.19. The monoisotopic (exact) mass is 329 g/mol. The fraction of sp³-hybridized carbons (Fsp3) is 0.308. The van der Waals surface area contributed by atoms with Crippen LogP contribution in [0.5, 0.6) is 0 Å². The number of hydrogen-bond donors (Lipinski definition) is 1. The summed E-state index contributed by atoms with van der Waals surface area (Å²) in [6, 6.07) is 7.00. The van der Waals surface area contributed by atoms with Crippen LogP contribution < -0.4 is 5.32 Å². The molecule has 0 aromatic heterocycles. The fourth-order valence-electron chi connectivity index (χ4n) is 1.43. The average Bonchev–Trinajstić information content (AvgIpc) is 2.36. The molecule has 1 unspecified atom stereocenters. The lowest BCUT2D eigenvalue weighted by atomic mass is 10.0. The van der Waals surface area contributed by atoms with Gasteiger partial charge >= 0.3 is 5.97 Å². The molecule has 1 amide bonds. The van der Waals surface area contributed by atoms with Crippen molar-refractivity contribution in [1.29, 1.82) is 0 Å². The quantitative estimate of drug-likeness (QED) is 0.505. The minimum atomic E-state index is -1.29. The smallest absolute Gasteiger partial charge is 0.336 e. The number of amides is 1. The minimum absolute atomic E-state index is 0. The van der Waals surface area contributed by atoms with E-state index < -0.39 is 23.7 Å². The first-order valence-corrected chi connectivity index (χ1v) is 5.59. The van der Waals surface area contributed by atoms with E-state index in [9.17, 15) is 14.4 Å². The molecule has 0 saturated carbocycles. The zero-order valence-corrected chi connectivity index (χ0v) is 12.4. The molecule has 1 rings (SSSR count). The molecule has 0 aliphatic rings. The van der Waals surface area contributed by atoms with Gasteiger partial charge in [-0.3, -0.25) is 9.59 Å². The minimum Gasteiger partial charge on any atom is -0.464 e. The van der Waals surface area contributed by atoms with E-state index in [1.165, 1.54) is 6.92 Å². The lowest BCUT2D eigenvalue weighted by Crippen LogP contribution is -2.46. The summed E-state index contributed by atoms with van der Waals surface area (Å²) in [5, 5.41) is 2.30. The van der Waals surface area contributed by atoms with Crippen LogP contribution in [0.2, 0.25) is 0 Å². The highest BCUT2D eigenvalue weighted by Gasteiger charge is 2.29. The second kappa shape index (κ2) is 8.42. The van der Waals surface area contributed by atoms with E-state index in [4.69, 9.17) is 4.74 Å². The third kappa shape index (κ3) is 5.21. The Balaban J connectivity index is 0.00000324. The van der Waals surface area contributed by atoms with Gasteiger partial charge in [-0.25, -0.2) is 4.79 Å². The Morgan fingerprint density at radius 3 is 2.26 bits per heavy atom. The summed E-state index contributed by atoms with van der Waals surface area (Å²) < 4.78 is 4.77. The van der Waals surface area contributed by atoms with Crippen LogP contribution in [0.25, 0.3) is 0 Å². The van der Waals surface area contributed by atoms with Gasteiger partial charge in [-0.05, 0) is 6.92 Å². The molecule has 0 aliphatic heterocycles. The van der Waals surface area contributed by atoms with E-state index in [0.29, 0.717) is 5.56 Å². The van der Waals surface area contributed by atoms with Gasteiger partial charge in [0.05, 0.1) is 6.61 Å². The number of ether oxygens (including phenoxy) is 1. The summed E-state index contributed by atoms with van der Waals surface area (Å²) in [6.45, 7) is 3.03. The topological polar surface area (TPSA) is 72.5 Å². The van der Waals surface area contributed by atoms with E-state index in [-0.39, 0.29) is 23.6 Å². The van der Waals surface area contributed by atoms with Crippen LogP contribution in [-0.4, -0.2) is 30.3 Å². The lowest BCUT2D eigenvalue weighted by Gasteiger charge is -2.15. The van der Waals surface area contributed by atoms with Crippen LogP contribution in [0.1, 0.15) is 24.2 Å². The van der Waals surface area contributed by atoms with Crippen molar-refractivity contribution in [3.05, 3.63) is 35.9 Å². The Bertz CT molecular complexity index is 447. The van der Waals surface area contributed by atoms with Crippen molar-refractivity contribution in [1.82, 2.24) is 5.32 Å². The van der Waals surface area contributed by atoms with E-state index in [0.717, 1.165) is 0 Å². The third-order valence-corrected chi connectivity index (χ3v) is 2.19. The van der Waals surface area contributed by atoms with E-state index in [1.807, 2.05) is 0 Å². The van der Waals surface area contributed by atoms with Crippen molar-refractivity contribution in [2.24, 2.45) is 0 Å². The van der Waals surface area contributed by atoms with Gasteiger partial charge in [-0.1, -0.05) is 30.3 Å². The van der Waals surface area contributed by atoms with E-state index >= 15 is 0 Å². The van der Waals surface area contributed by atoms with Crippen LogP contribution in [0.3, 0.4) is 0 Å². The maximum Gasteiger partial charge on any atom is 0.336 e. The zero-order chi connectivity index (χ0) is 13.5. The molecule has 0 bridgehead atoms. The highest BCUT2D eigenvalue weighted by molar-refractivity contribution is 8.93. The van der Waals surface area contributed by atoms with Gasteiger partial charge in [0.1, 0.15) is 0 Å². The summed E-state index contributed by atoms with van der Waals surface area (Å²) in [5.41, 5.74) is 0.351. The first kappa shape index (κ1) is 17.3. The van der Waals surface area contributed by atoms with E-state index in [1.54, 1.807) is 37.3 Å². The second-order valence-corrected chi connectivity index (χ2v) is 3.62. The van der Waals surface area contributed by atoms with Crippen LogP contribution in [0.15, 0.2) is 30.3 Å². The molecule has 5 nitrogen and oxygen atoms in total. The number of carbonyl (C=O) groups is 3. The molecule has 1 N–H and O–H groups in total. The maximum atomic E-state index is 12.1. The van der Waals surface area contributed by atoms with Gasteiger partial charge in [0.2, 0.25) is 5.91 Å². The Kier molecular flexibility index (Phi) is 7.67. The van der Waals surface area contributed by atoms with Gasteiger partial charge in [-0.15, -0.1) is 17.0 Å². The van der Waals surface area contributed by atoms with Crippen molar-refractivity contribution in [3.8, 4) is 0 Å². The predicted molar refractivity (Wildman–Crippen MR) is 75.3 cm³/mol. The first-order valence-electron chi connectivity index (χ1n) is 5.59. The van der Waals surface area contributed by atoms with Gasteiger partial charge in [0.25, 0.3) is 0 Å². The Hall–Kier alpha value is -1.69. The SMILES string of the molecule is Br.CCOC(=O)C(NC(C)=O)C(=O)c1ccccc1. The first-order chi connectivity index (χ1) is 8.56. The molecule has 1 aromatic rings. The van der Waals surface area contributed by atoms with Gasteiger partial charge in [0, 0.05) is 12.5 Å². The van der Waals surface area contributed by atoms with Crippen LogP contribution in [0.4, 0.5) is 0 Å². The predicted octanol–water partition coefficient (Wildman–Crippen LogP) is 1.51. The highest BCUT2D eigenvalue weighted by atomic mass is 79.9. The molecule has 0 saturated heterocycles. The molecule has 0 aliphatic carbocycles. The van der Waals surface area contributed by atoms with Crippen molar-refractivity contribution in [2.45, 2.75) is 19.9 Å². The number of Topliss-reactive ketones (excluding diaryl/α,β-unsaturated/α-hetero) is 1. The maximum absolute atomic E-state index is 12.1. The summed E-state index contributed by atoms with van der Waals surface area (Å²) in [4.78, 5) is 34.7. The summed E-state index contributed by atoms with van der Waals surface area (Å²) in [6.07, 6.45) is 0. The fourth-order valence-corrected chi connectivity index (χ4v) is 1.43. The number of esters is 1. The number of nitrogens with one attached hydrogen (secondary N) is 1. The molecule has 1 atom stereocenters. The molecule has 0 spiro atoms. The van der Waals surface area contributed by atoms with Crippen LogP contribution in [0, 0.1) is 0 Å². The van der Waals surface area contributed by atoms with E-state index in [2.05, 4.69) is 5.32 Å². The molecule has 104 valence electrons. The molecule has 0 radical (unpaired) electrons. The van der Waals surface area contributed by atoms with Crippen molar-refractivity contribution >= 4 is 34.6 Å². The number of hydrogen-bond acceptors (Lipinski definition) is 4. The summed E-state index contributed by atoms with van der Waals surface area (Å²) in [7, 11) is 0. The second-order valence-electron chi connectivity index (χ2n) is 3.62. The number of ketones is 1. The van der Waals surface area contributed by atoms with Crippen molar-refractivity contribution in [3.63, 3.8) is 0 Å². The van der Waals surface area contributed by atoms with Crippen LogP contribution in [-0.2, 0) is 14.3 Å². The Morgan fingerprint density at radius 1 is 1.21 bits per heavy atom. The van der Waals surface area contributed by atoms with Gasteiger partial charge in [-0.2, -0.15) is 0 Å². The number of rotatable bonds is 5. The zero-order valence-electron chi connectivity index (χ0n) is 10.7. The Labute approximate surface area is 122 Å². The van der Waals surface area contributed by atoms with Crippen molar-refractivity contribution < 1.29 is 19.1 Å². The number of carbonyl (C=O) groups excluding carboxylic acids is 3. The normalized spacial score (nSPS) is 10.8. The number of benzene rings is 1. The Morgan fingerprint density at radius 2 is 1.79 bits per heavy atom. The largest absolute Gasteiger partial charge is 0.464 e. The molecule has 1 aromatic carbocycles. The number of halogens is 1. The highest BCUT2D eigenvalue weighted by Crippen LogP contribution is 2.05. The lowest BCUT2D eigenvalue weighted by molar-refractivity contribution is -0.145. The molecule has 6 heteroatoms.